The van der Waals surface area contributed by atoms with Crippen molar-refractivity contribution >= 4 is 5.91 Å². The molecular formula is C17H19N5O2. The summed E-state index contributed by atoms with van der Waals surface area (Å²) < 4.78 is 7.31. The molecule has 0 fully saturated rings. The number of hydrogen-bond donors (Lipinski definition) is 2. The van der Waals surface area contributed by atoms with Gasteiger partial charge in [0.1, 0.15) is 5.75 Å². The molecular weight excluding hydrogens is 306 g/mol. The zero-order valence-corrected chi connectivity index (χ0v) is 13.6. The van der Waals surface area contributed by atoms with Gasteiger partial charge in [0.2, 0.25) is 5.91 Å². The number of aromatic amines is 1. The van der Waals surface area contributed by atoms with Crippen molar-refractivity contribution in [3.63, 3.8) is 0 Å². The number of carbonyl (C=O) groups excluding carboxylic acids is 1. The van der Waals surface area contributed by atoms with Crippen LogP contribution in [0.5, 0.6) is 5.75 Å². The SMILES string of the molecule is COc1cccc(-c2ncn(CCNC(C)=O)c2-c2cn[nH]c2)c1. The molecule has 24 heavy (non-hydrogen) atoms. The number of ether oxygens (including phenoxy) is 1. The Balaban J connectivity index is 2.00. The number of carbonyl (C=O) groups is 1. The number of hydrogen-bond acceptors (Lipinski definition) is 4. The summed E-state index contributed by atoms with van der Waals surface area (Å²) in [7, 11) is 1.64. The molecule has 0 saturated heterocycles. The van der Waals surface area contributed by atoms with Crippen molar-refractivity contribution in [1.82, 2.24) is 25.1 Å². The standard InChI is InChI=1S/C17H19N5O2/c1-12(23)18-6-7-22-11-19-16(17(22)14-9-20-21-10-14)13-4-3-5-15(8-13)24-2/h3-5,8-11H,6-7H2,1-2H3,(H,18,23)(H,20,21). The number of aromatic nitrogens is 4. The predicted octanol–water partition coefficient (Wildman–Crippen LogP) is 2.08. The molecule has 1 aromatic carbocycles. The maximum absolute atomic E-state index is 11.1. The smallest absolute Gasteiger partial charge is 0.216 e. The van der Waals surface area contributed by atoms with E-state index >= 15 is 0 Å². The number of nitrogens with zero attached hydrogens (tertiary/aromatic N) is 3. The second-order valence-corrected chi connectivity index (χ2v) is 5.34. The number of amides is 1. The van der Waals surface area contributed by atoms with Gasteiger partial charge in [-0.25, -0.2) is 4.98 Å². The van der Waals surface area contributed by atoms with Crippen molar-refractivity contribution in [3.05, 3.63) is 43.0 Å². The van der Waals surface area contributed by atoms with Crippen molar-refractivity contribution in [2.75, 3.05) is 13.7 Å². The lowest BCUT2D eigenvalue weighted by atomic mass is 10.1. The number of imidazole rings is 1. The third kappa shape index (κ3) is 3.29. The summed E-state index contributed by atoms with van der Waals surface area (Å²) in [5, 5.41) is 9.67. The fourth-order valence-electron chi connectivity index (χ4n) is 2.57. The minimum absolute atomic E-state index is 0.0482. The van der Waals surface area contributed by atoms with E-state index < -0.39 is 0 Å². The van der Waals surface area contributed by atoms with E-state index in [0.717, 1.165) is 28.3 Å². The molecule has 0 unspecified atom stereocenters. The lowest BCUT2D eigenvalue weighted by molar-refractivity contribution is -0.118. The summed E-state index contributed by atoms with van der Waals surface area (Å²) in [6, 6.07) is 7.77. The van der Waals surface area contributed by atoms with Crippen molar-refractivity contribution in [2.24, 2.45) is 0 Å². The third-order valence-corrected chi connectivity index (χ3v) is 3.68. The Kier molecular flexibility index (Phi) is 4.60. The molecule has 2 N–H and O–H groups in total. The summed E-state index contributed by atoms with van der Waals surface area (Å²) in [5.41, 5.74) is 3.69. The van der Waals surface area contributed by atoms with Crippen molar-refractivity contribution in [1.29, 1.82) is 0 Å². The number of nitrogens with one attached hydrogen (secondary N) is 2. The maximum atomic E-state index is 11.1. The van der Waals surface area contributed by atoms with Crippen LogP contribution in [0.1, 0.15) is 6.92 Å². The van der Waals surface area contributed by atoms with Gasteiger partial charge in [-0.3, -0.25) is 9.89 Å². The molecule has 0 aliphatic rings. The minimum atomic E-state index is -0.0482. The summed E-state index contributed by atoms with van der Waals surface area (Å²) >= 11 is 0. The summed E-state index contributed by atoms with van der Waals surface area (Å²) in [6.45, 7) is 2.66. The lowest BCUT2D eigenvalue weighted by Gasteiger charge is -2.10. The van der Waals surface area contributed by atoms with Crippen LogP contribution < -0.4 is 10.1 Å². The fourth-order valence-corrected chi connectivity index (χ4v) is 2.57. The van der Waals surface area contributed by atoms with Gasteiger partial charge in [0, 0.05) is 37.3 Å². The van der Waals surface area contributed by atoms with E-state index in [9.17, 15) is 4.79 Å². The molecule has 0 spiro atoms. The fraction of sp³-hybridized carbons (Fsp3) is 0.235. The van der Waals surface area contributed by atoms with Gasteiger partial charge >= 0.3 is 0 Å². The molecule has 3 aromatic rings. The van der Waals surface area contributed by atoms with E-state index in [1.54, 1.807) is 19.6 Å². The van der Waals surface area contributed by atoms with E-state index in [2.05, 4.69) is 20.5 Å². The van der Waals surface area contributed by atoms with E-state index in [1.807, 2.05) is 35.0 Å². The van der Waals surface area contributed by atoms with Crippen LogP contribution in [-0.2, 0) is 11.3 Å². The van der Waals surface area contributed by atoms with Gasteiger partial charge in [-0.15, -0.1) is 0 Å². The zero-order chi connectivity index (χ0) is 16.9. The second-order valence-electron chi connectivity index (χ2n) is 5.34. The molecule has 0 aliphatic heterocycles. The lowest BCUT2D eigenvalue weighted by Crippen LogP contribution is -2.24. The van der Waals surface area contributed by atoms with Gasteiger partial charge in [0.25, 0.3) is 0 Å². The average Bonchev–Trinajstić information content (AvgIpc) is 3.23. The molecule has 2 aromatic heterocycles. The molecule has 0 saturated carbocycles. The van der Waals surface area contributed by atoms with Crippen LogP contribution >= 0.6 is 0 Å². The largest absolute Gasteiger partial charge is 0.497 e. The van der Waals surface area contributed by atoms with Gasteiger partial charge in [-0.2, -0.15) is 5.10 Å². The Bertz CT molecular complexity index is 823. The van der Waals surface area contributed by atoms with Crippen LogP contribution in [0.2, 0.25) is 0 Å². The molecule has 0 atom stereocenters. The Morgan fingerprint density at radius 3 is 2.96 bits per heavy atom. The maximum Gasteiger partial charge on any atom is 0.216 e. The first-order chi connectivity index (χ1) is 11.7. The zero-order valence-electron chi connectivity index (χ0n) is 13.6. The van der Waals surface area contributed by atoms with Gasteiger partial charge < -0.3 is 14.6 Å². The highest BCUT2D eigenvalue weighted by Gasteiger charge is 2.16. The topological polar surface area (TPSA) is 84.8 Å². The molecule has 7 heteroatoms. The van der Waals surface area contributed by atoms with Crippen LogP contribution in [0.15, 0.2) is 43.0 Å². The number of H-pyrrole nitrogens is 1. The van der Waals surface area contributed by atoms with Gasteiger partial charge in [0.15, 0.2) is 0 Å². The third-order valence-electron chi connectivity index (χ3n) is 3.68. The monoisotopic (exact) mass is 325 g/mol. The van der Waals surface area contributed by atoms with E-state index in [4.69, 9.17) is 4.74 Å². The van der Waals surface area contributed by atoms with Gasteiger partial charge in [0.05, 0.1) is 31.0 Å². The molecule has 0 radical (unpaired) electrons. The normalized spacial score (nSPS) is 10.6. The van der Waals surface area contributed by atoms with E-state index in [1.165, 1.54) is 6.92 Å². The molecule has 1 amide bonds. The minimum Gasteiger partial charge on any atom is -0.497 e. The van der Waals surface area contributed by atoms with E-state index in [0.29, 0.717) is 13.1 Å². The van der Waals surface area contributed by atoms with Crippen LogP contribution in [0, 0.1) is 0 Å². The number of rotatable bonds is 6. The van der Waals surface area contributed by atoms with Crippen LogP contribution in [0.25, 0.3) is 22.5 Å². The first kappa shape index (κ1) is 15.8. The van der Waals surface area contributed by atoms with Crippen LogP contribution in [0.4, 0.5) is 0 Å². The number of methoxy groups -OCH3 is 1. The van der Waals surface area contributed by atoms with E-state index in [-0.39, 0.29) is 5.91 Å². The molecule has 0 bridgehead atoms. The van der Waals surface area contributed by atoms with Crippen molar-refractivity contribution in [3.8, 4) is 28.3 Å². The predicted molar refractivity (Wildman–Crippen MR) is 90.5 cm³/mol. The first-order valence-electron chi connectivity index (χ1n) is 7.62. The quantitative estimate of drug-likeness (QED) is 0.727. The average molecular weight is 325 g/mol. The molecule has 124 valence electrons. The summed E-state index contributed by atoms with van der Waals surface area (Å²) in [4.78, 5) is 15.6. The highest BCUT2D eigenvalue weighted by molar-refractivity contribution is 5.78. The number of benzene rings is 1. The van der Waals surface area contributed by atoms with Gasteiger partial charge in [-0.05, 0) is 12.1 Å². The molecule has 3 rings (SSSR count). The van der Waals surface area contributed by atoms with Crippen LogP contribution in [-0.4, -0.2) is 39.3 Å². The first-order valence-corrected chi connectivity index (χ1v) is 7.62. The summed E-state index contributed by atoms with van der Waals surface area (Å²) in [6.07, 6.45) is 5.37. The Morgan fingerprint density at radius 2 is 2.25 bits per heavy atom. The highest BCUT2D eigenvalue weighted by Crippen LogP contribution is 2.32. The van der Waals surface area contributed by atoms with Gasteiger partial charge in [-0.1, -0.05) is 12.1 Å². The Labute approximate surface area is 139 Å². The second kappa shape index (κ2) is 6.99. The summed E-state index contributed by atoms with van der Waals surface area (Å²) in [5.74, 6) is 0.728. The highest BCUT2D eigenvalue weighted by atomic mass is 16.5. The Hall–Kier alpha value is -3.09. The molecule has 2 heterocycles. The van der Waals surface area contributed by atoms with Crippen molar-refractivity contribution < 1.29 is 9.53 Å². The van der Waals surface area contributed by atoms with Crippen molar-refractivity contribution in [2.45, 2.75) is 13.5 Å². The van der Waals surface area contributed by atoms with Crippen LogP contribution in [0.3, 0.4) is 0 Å². The molecule has 7 nitrogen and oxygen atoms in total. The molecule has 0 aliphatic carbocycles. The Morgan fingerprint density at radius 1 is 1.38 bits per heavy atom.